The molecule has 0 fully saturated rings. The van der Waals surface area contributed by atoms with Gasteiger partial charge in [-0.2, -0.15) is 0 Å². The number of methoxy groups -OCH3 is 1. The van der Waals surface area contributed by atoms with Crippen molar-refractivity contribution in [2.45, 2.75) is 26.7 Å². The molecule has 0 spiro atoms. The van der Waals surface area contributed by atoms with Crippen LogP contribution in [0.25, 0.3) is 0 Å². The van der Waals surface area contributed by atoms with Crippen LogP contribution in [0.15, 0.2) is 29.3 Å². The van der Waals surface area contributed by atoms with E-state index in [0.717, 1.165) is 50.8 Å². The molecule has 0 aliphatic carbocycles. The molecule has 132 valence electrons. The fourth-order valence-corrected chi connectivity index (χ4v) is 1.84. The molecule has 5 nitrogen and oxygen atoms in total. The van der Waals surface area contributed by atoms with E-state index >= 15 is 0 Å². The van der Waals surface area contributed by atoms with Crippen molar-refractivity contribution in [1.82, 2.24) is 10.6 Å². The molecular weight excluding hydrogens is 405 g/mol. The minimum atomic E-state index is 0. The van der Waals surface area contributed by atoms with Crippen molar-refractivity contribution in [2.75, 3.05) is 40.0 Å². The summed E-state index contributed by atoms with van der Waals surface area (Å²) in [6, 6.07) is 8.15. The number of unbranched alkanes of at least 4 members (excludes halogenated alkanes) is 1. The average Bonchev–Trinajstić information content (AvgIpc) is 2.52. The van der Waals surface area contributed by atoms with E-state index in [9.17, 15) is 0 Å². The van der Waals surface area contributed by atoms with Crippen LogP contribution < -0.4 is 15.4 Å². The number of rotatable bonds is 10. The van der Waals surface area contributed by atoms with Crippen LogP contribution in [0.2, 0.25) is 0 Å². The van der Waals surface area contributed by atoms with Gasteiger partial charge in [-0.05, 0) is 38.8 Å². The van der Waals surface area contributed by atoms with Crippen molar-refractivity contribution in [3.8, 4) is 5.75 Å². The molecule has 0 saturated heterocycles. The van der Waals surface area contributed by atoms with E-state index in [1.807, 2.05) is 12.1 Å². The Morgan fingerprint density at radius 3 is 2.48 bits per heavy atom. The standard InChI is InChI=1S/C17H29N3O2.HI/c1-4-18-17(20-12-14-21-3)19-11-5-6-13-22-16-9-7-15(2)8-10-16;/h7-10H,4-6,11-14H2,1-3H3,(H2,18,19,20);1H. The molecule has 0 atom stereocenters. The molecule has 0 heterocycles. The van der Waals surface area contributed by atoms with Crippen LogP contribution in [0.4, 0.5) is 0 Å². The van der Waals surface area contributed by atoms with Gasteiger partial charge in [-0.3, -0.25) is 4.99 Å². The second-order valence-corrected chi connectivity index (χ2v) is 5.05. The number of ether oxygens (including phenoxy) is 2. The molecule has 0 saturated carbocycles. The first-order valence-electron chi connectivity index (χ1n) is 7.97. The van der Waals surface area contributed by atoms with Gasteiger partial charge in [0.2, 0.25) is 0 Å². The van der Waals surface area contributed by atoms with Crippen LogP contribution in [-0.4, -0.2) is 45.9 Å². The third-order valence-electron chi connectivity index (χ3n) is 3.05. The van der Waals surface area contributed by atoms with E-state index in [-0.39, 0.29) is 24.0 Å². The number of nitrogens with one attached hydrogen (secondary N) is 2. The fourth-order valence-electron chi connectivity index (χ4n) is 1.84. The van der Waals surface area contributed by atoms with E-state index in [0.29, 0.717) is 6.61 Å². The fraction of sp³-hybridized carbons (Fsp3) is 0.588. The van der Waals surface area contributed by atoms with Gasteiger partial charge in [0.1, 0.15) is 5.75 Å². The molecule has 6 heteroatoms. The molecule has 1 rings (SSSR count). The maximum atomic E-state index is 5.70. The maximum absolute atomic E-state index is 5.70. The summed E-state index contributed by atoms with van der Waals surface area (Å²) < 4.78 is 10.7. The third kappa shape index (κ3) is 11.2. The summed E-state index contributed by atoms with van der Waals surface area (Å²) in [7, 11) is 1.69. The Bertz CT molecular complexity index is 424. The normalized spacial score (nSPS) is 10.8. The van der Waals surface area contributed by atoms with Gasteiger partial charge in [-0.25, -0.2) is 0 Å². The zero-order valence-corrected chi connectivity index (χ0v) is 16.8. The molecule has 1 aromatic carbocycles. The zero-order chi connectivity index (χ0) is 16.0. The van der Waals surface area contributed by atoms with Gasteiger partial charge in [0, 0.05) is 26.7 Å². The highest BCUT2D eigenvalue weighted by Gasteiger charge is 1.97. The lowest BCUT2D eigenvalue weighted by molar-refractivity contribution is 0.203. The van der Waals surface area contributed by atoms with Crippen molar-refractivity contribution in [2.24, 2.45) is 4.99 Å². The zero-order valence-electron chi connectivity index (χ0n) is 14.4. The quantitative estimate of drug-likeness (QED) is 0.257. The highest BCUT2D eigenvalue weighted by atomic mass is 127. The number of nitrogens with zero attached hydrogens (tertiary/aromatic N) is 1. The Morgan fingerprint density at radius 1 is 1.09 bits per heavy atom. The number of aryl methyl sites for hydroxylation is 1. The van der Waals surface area contributed by atoms with Crippen LogP contribution in [0.1, 0.15) is 25.3 Å². The topological polar surface area (TPSA) is 54.9 Å². The van der Waals surface area contributed by atoms with E-state index < -0.39 is 0 Å². The summed E-state index contributed by atoms with van der Waals surface area (Å²) >= 11 is 0. The second-order valence-electron chi connectivity index (χ2n) is 5.05. The molecule has 0 amide bonds. The minimum absolute atomic E-state index is 0. The molecule has 0 radical (unpaired) electrons. The SMILES string of the molecule is CCNC(=NCCCCOc1ccc(C)cc1)NCCOC.I. The monoisotopic (exact) mass is 435 g/mol. The first-order valence-corrected chi connectivity index (χ1v) is 7.97. The summed E-state index contributed by atoms with van der Waals surface area (Å²) in [5.74, 6) is 1.78. The summed E-state index contributed by atoms with van der Waals surface area (Å²) in [6.07, 6.45) is 2.00. The minimum Gasteiger partial charge on any atom is -0.494 e. The van der Waals surface area contributed by atoms with Gasteiger partial charge in [-0.1, -0.05) is 17.7 Å². The predicted molar refractivity (Wildman–Crippen MR) is 107 cm³/mol. The molecule has 2 N–H and O–H groups in total. The molecule has 1 aromatic rings. The summed E-state index contributed by atoms with van der Waals surface area (Å²) in [5.41, 5.74) is 1.25. The van der Waals surface area contributed by atoms with Crippen LogP contribution in [0.5, 0.6) is 5.75 Å². The van der Waals surface area contributed by atoms with Gasteiger partial charge >= 0.3 is 0 Å². The molecule has 23 heavy (non-hydrogen) atoms. The van der Waals surface area contributed by atoms with Gasteiger partial charge in [0.25, 0.3) is 0 Å². The number of halogens is 1. The van der Waals surface area contributed by atoms with Gasteiger partial charge < -0.3 is 20.1 Å². The highest BCUT2D eigenvalue weighted by molar-refractivity contribution is 14.0. The van der Waals surface area contributed by atoms with E-state index in [2.05, 4.69) is 41.6 Å². The second kappa shape index (κ2) is 14.6. The van der Waals surface area contributed by atoms with E-state index in [4.69, 9.17) is 9.47 Å². The molecule has 0 aromatic heterocycles. The lowest BCUT2D eigenvalue weighted by Gasteiger charge is -2.10. The van der Waals surface area contributed by atoms with Crippen LogP contribution in [0, 0.1) is 6.92 Å². The lowest BCUT2D eigenvalue weighted by Crippen LogP contribution is -2.39. The third-order valence-corrected chi connectivity index (χ3v) is 3.05. The van der Waals surface area contributed by atoms with Crippen LogP contribution in [-0.2, 0) is 4.74 Å². The lowest BCUT2D eigenvalue weighted by atomic mass is 10.2. The van der Waals surface area contributed by atoms with Gasteiger partial charge in [-0.15, -0.1) is 24.0 Å². The maximum Gasteiger partial charge on any atom is 0.191 e. The number of hydrogen-bond donors (Lipinski definition) is 2. The van der Waals surface area contributed by atoms with Gasteiger partial charge in [0.05, 0.1) is 13.2 Å². The van der Waals surface area contributed by atoms with Crippen molar-refractivity contribution < 1.29 is 9.47 Å². The first kappa shape index (κ1) is 22.0. The summed E-state index contributed by atoms with van der Waals surface area (Å²) in [5, 5.41) is 6.44. The van der Waals surface area contributed by atoms with Gasteiger partial charge in [0.15, 0.2) is 5.96 Å². The average molecular weight is 435 g/mol. The smallest absolute Gasteiger partial charge is 0.191 e. The Morgan fingerprint density at radius 2 is 1.83 bits per heavy atom. The van der Waals surface area contributed by atoms with Crippen molar-refractivity contribution in [3.05, 3.63) is 29.8 Å². The molecular formula is C17H30IN3O2. The first-order chi connectivity index (χ1) is 10.8. The largest absolute Gasteiger partial charge is 0.494 e. The van der Waals surface area contributed by atoms with Crippen molar-refractivity contribution >= 4 is 29.9 Å². The molecule has 0 bridgehead atoms. The Kier molecular flexibility index (Phi) is 13.9. The Hall–Kier alpha value is -1.02. The number of hydrogen-bond acceptors (Lipinski definition) is 3. The summed E-state index contributed by atoms with van der Waals surface area (Å²) in [6.45, 7) is 7.95. The Labute approximate surface area is 157 Å². The van der Waals surface area contributed by atoms with Crippen molar-refractivity contribution in [3.63, 3.8) is 0 Å². The number of benzene rings is 1. The van der Waals surface area contributed by atoms with Crippen LogP contribution >= 0.6 is 24.0 Å². The van der Waals surface area contributed by atoms with E-state index in [1.165, 1.54) is 5.56 Å². The van der Waals surface area contributed by atoms with Crippen LogP contribution in [0.3, 0.4) is 0 Å². The predicted octanol–water partition coefficient (Wildman–Crippen LogP) is 2.97. The molecule has 0 aliphatic rings. The molecule has 0 unspecified atom stereocenters. The van der Waals surface area contributed by atoms with Crippen molar-refractivity contribution in [1.29, 1.82) is 0 Å². The highest BCUT2D eigenvalue weighted by Crippen LogP contribution is 2.11. The summed E-state index contributed by atoms with van der Waals surface area (Å²) in [4.78, 5) is 4.52. The number of guanidine groups is 1. The number of aliphatic imine (C=N–C) groups is 1. The molecule has 0 aliphatic heterocycles. The Balaban J connectivity index is 0.00000484. The van der Waals surface area contributed by atoms with E-state index in [1.54, 1.807) is 7.11 Å².